The highest BCUT2D eigenvalue weighted by molar-refractivity contribution is 5.67. The summed E-state index contributed by atoms with van der Waals surface area (Å²) in [7, 11) is 0. The molecule has 0 aromatic heterocycles. The van der Waals surface area contributed by atoms with Gasteiger partial charge in [-0.15, -0.1) is 0 Å². The van der Waals surface area contributed by atoms with Crippen LogP contribution >= 0.6 is 0 Å². The van der Waals surface area contributed by atoms with Gasteiger partial charge in [0.25, 0.3) is 6.43 Å². The van der Waals surface area contributed by atoms with Crippen molar-refractivity contribution in [3.63, 3.8) is 0 Å². The Morgan fingerprint density at radius 3 is 2.93 bits per heavy atom. The van der Waals surface area contributed by atoms with Gasteiger partial charge in [-0.3, -0.25) is 0 Å². The van der Waals surface area contributed by atoms with Crippen molar-refractivity contribution in [2.24, 2.45) is 0 Å². The number of carbonyl (C=O) groups is 1. The van der Waals surface area contributed by atoms with Gasteiger partial charge in [0.1, 0.15) is 0 Å². The molecule has 0 unspecified atom stereocenters. The number of ether oxygens (including phenoxy) is 1. The lowest BCUT2D eigenvalue weighted by molar-refractivity contribution is 0.0323. The van der Waals surface area contributed by atoms with E-state index in [-0.39, 0.29) is 0 Å². The summed E-state index contributed by atoms with van der Waals surface area (Å²) in [5, 5.41) is 0. The Balaban J connectivity index is 2.27. The first-order valence-corrected chi connectivity index (χ1v) is 4.71. The molecule has 0 N–H and O–H groups in total. The van der Waals surface area contributed by atoms with Crippen LogP contribution in [0.1, 0.15) is 19.3 Å². The molecule has 0 aliphatic carbocycles. The molecule has 0 aromatic rings. The maximum absolute atomic E-state index is 11.7. The molecular formula is C9H14F2NO2. The van der Waals surface area contributed by atoms with Crippen molar-refractivity contribution < 1.29 is 18.3 Å². The van der Waals surface area contributed by atoms with Gasteiger partial charge in [0.15, 0.2) is 6.61 Å². The van der Waals surface area contributed by atoms with Crippen molar-refractivity contribution in [1.82, 2.24) is 4.90 Å². The molecule has 0 spiro atoms. The maximum atomic E-state index is 11.7. The average molecular weight is 206 g/mol. The molecule has 1 aliphatic heterocycles. The molecule has 3 nitrogen and oxygen atoms in total. The van der Waals surface area contributed by atoms with E-state index in [1.165, 1.54) is 4.90 Å². The molecule has 14 heavy (non-hydrogen) atoms. The molecule has 5 heteroatoms. The third-order valence-corrected chi connectivity index (χ3v) is 2.03. The molecule has 0 aromatic carbocycles. The second-order valence-electron chi connectivity index (χ2n) is 3.17. The minimum Gasteiger partial charge on any atom is -0.443 e. The second kappa shape index (κ2) is 5.78. The lowest BCUT2D eigenvalue weighted by Crippen LogP contribution is -2.33. The Labute approximate surface area is 82.0 Å². The minimum atomic E-state index is -2.59. The van der Waals surface area contributed by atoms with Gasteiger partial charge in [-0.2, -0.15) is 0 Å². The third kappa shape index (κ3) is 3.89. The fourth-order valence-electron chi connectivity index (χ4n) is 1.34. The van der Waals surface area contributed by atoms with Gasteiger partial charge in [-0.25, -0.2) is 13.6 Å². The molecule has 1 fully saturated rings. The molecule has 0 bridgehead atoms. The maximum Gasteiger partial charge on any atom is 0.409 e. The van der Waals surface area contributed by atoms with Crippen LogP contribution in [-0.2, 0) is 4.74 Å². The number of halogens is 2. The fraction of sp³-hybridized carbons (Fsp3) is 0.778. The second-order valence-corrected chi connectivity index (χ2v) is 3.17. The van der Waals surface area contributed by atoms with E-state index in [9.17, 15) is 13.6 Å². The lowest BCUT2D eigenvalue weighted by atomic mass is 10.2. The summed E-state index contributed by atoms with van der Waals surface area (Å²) in [6, 6.07) is 0. The quantitative estimate of drug-likeness (QED) is 0.692. The number of likely N-dealkylation sites (tertiary alicyclic amines) is 1. The van der Waals surface area contributed by atoms with Gasteiger partial charge in [-0.1, -0.05) is 0 Å². The standard InChI is InChI=1S/C9H14F2NO2/c10-8(11)7-14-9(13)12-5-3-1-2-4-6-12/h1,8H,2-7H2. The number of carbonyl (C=O) groups excluding carboxylic acids is 1. The van der Waals surface area contributed by atoms with Crippen LogP contribution in [0.4, 0.5) is 13.6 Å². The number of alkyl halides is 2. The van der Waals surface area contributed by atoms with Crippen LogP contribution in [0.5, 0.6) is 0 Å². The minimum absolute atomic E-state index is 0.571. The van der Waals surface area contributed by atoms with Gasteiger partial charge < -0.3 is 9.64 Å². The molecule has 0 saturated carbocycles. The number of nitrogens with zero attached hydrogens (tertiary/aromatic N) is 1. The molecule has 1 amide bonds. The summed E-state index contributed by atoms with van der Waals surface area (Å²) in [5.74, 6) is 0. The number of hydrogen-bond acceptors (Lipinski definition) is 2. The summed E-state index contributed by atoms with van der Waals surface area (Å²) >= 11 is 0. The van der Waals surface area contributed by atoms with Crippen molar-refractivity contribution >= 4 is 6.09 Å². The summed E-state index contributed by atoms with van der Waals surface area (Å²) in [4.78, 5) is 12.7. The van der Waals surface area contributed by atoms with Crippen LogP contribution in [0, 0.1) is 6.42 Å². The summed E-state index contributed by atoms with van der Waals surface area (Å²) < 4.78 is 27.9. The van der Waals surface area contributed by atoms with Crippen molar-refractivity contribution in [3.05, 3.63) is 6.42 Å². The molecular weight excluding hydrogens is 192 g/mol. The Morgan fingerprint density at radius 2 is 2.21 bits per heavy atom. The van der Waals surface area contributed by atoms with Crippen LogP contribution in [0.25, 0.3) is 0 Å². The molecule has 1 aliphatic rings. The van der Waals surface area contributed by atoms with Crippen molar-refractivity contribution in [3.8, 4) is 0 Å². The van der Waals surface area contributed by atoms with E-state index in [0.717, 1.165) is 19.3 Å². The zero-order valence-electron chi connectivity index (χ0n) is 7.92. The molecule has 1 rings (SSSR count). The first-order chi connectivity index (χ1) is 6.70. The number of rotatable bonds is 2. The van der Waals surface area contributed by atoms with E-state index in [2.05, 4.69) is 11.2 Å². The monoisotopic (exact) mass is 206 g/mol. The van der Waals surface area contributed by atoms with E-state index >= 15 is 0 Å². The molecule has 0 atom stereocenters. The fourth-order valence-corrected chi connectivity index (χ4v) is 1.34. The normalized spacial score (nSPS) is 18.1. The predicted octanol–water partition coefficient (Wildman–Crippen LogP) is 2.08. The van der Waals surface area contributed by atoms with E-state index in [1.54, 1.807) is 0 Å². The SMILES string of the molecule is O=C(OCC(F)F)N1CC[CH]CCC1. The van der Waals surface area contributed by atoms with Crippen molar-refractivity contribution in [2.75, 3.05) is 19.7 Å². The van der Waals surface area contributed by atoms with E-state index in [0.29, 0.717) is 13.1 Å². The van der Waals surface area contributed by atoms with Crippen molar-refractivity contribution in [1.29, 1.82) is 0 Å². The molecule has 81 valence electrons. The summed E-state index contributed by atoms with van der Waals surface area (Å²) in [6.45, 7) is 0.361. The van der Waals surface area contributed by atoms with Crippen LogP contribution < -0.4 is 0 Å². The predicted molar refractivity (Wildman–Crippen MR) is 47.1 cm³/mol. The summed E-state index contributed by atoms with van der Waals surface area (Å²) in [6.07, 6.45) is 1.55. The first kappa shape index (κ1) is 11.2. The van der Waals surface area contributed by atoms with E-state index in [4.69, 9.17) is 0 Å². The van der Waals surface area contributed by atoms with Crippen LogP contribution in [-0.4, -0.2) is 37.1 Å². The molecule has 1 heterocycles. The Bertz CT molecular complexity index is 180. The third-order valence-electron chi connectivity index (χ3n) is 2.03. The van der Waals surface area contributed by atoms with Crippen LogP contribution in [0.3, 0.4) is 0 Å². The molecule has 1 saturated heterocycles. The first-order valence-electron chi connectivity index (χ1n) is 4.71. The zero-order chi connectivity index (χ0) is 10.4. The van der Waals surface area contributed by atoms with Gasteiger partial charge in [0, 0.05) is 13.1 Å². The Kier molecular flexibility index (Phi) is 4.62. The number of amides is 1. The van der Waals surface area contributed by atoms with Gasteiger partial charge in [-0.05, 0) is 25.7 Å². The molecule has 1 radical (unpaired) electrons. The topological polar surface area (TPSA) is 29.5 Å². The highest BCUT2D eigenvalue weighted by Crippen LogP contribution is 2.10. The van der Waals surface area contributed by atoms with Gasteiger partial charge >= 0.3 is 6.09 Å². The Hall–Kier alpha value is -0.870. The highest BCUT2D eigenvalue weighted by Gasteiger charge is 2.17. The van der Waals surface area contributed by atoms with Gasteiger partial charge in [0.2, 0.25) is 0 Å². The zero-order valence-corrected chi connectivity index (χ0v) is 7.92. The average Bonchev–Trinajstić information content (AvgIpc) is 2.42. The lowest BCUT2D eigenvalue weighted by Gasteiger charge is -2.19. The van der Waals surface area contributed by atoms with Crippen LogP contribution in [0.15, 0.2) is 0 Å². The van der Waals surface area contributed by atoms with E-state index in [1.807, 2.05) is 0 Å². The van der Waals surface area contributed by atoms with Crippen LogP contribution in [0.2, 0.25) is 0 Å². The summed E-state index contributed by atoms with van der Waals surface area (Å²) in [5.41, 5.74) is 0. The van der Waals surface area contributed by atoms with Crippen molar-refractivity contribution in [2.45, 2.75) is 25.7 Å². The smallest absolute Gasteiger partial charge is 0.409 e. The Morgan fingerprint density at radius 1 is 1.43 bits per heavy atom. The largest absolute Gasteiger partial charge is 0.443 e. The van der Waals surface area contributed by atoms with E-state index < -0.39 is 19.1 Å². The highest BCUT2D eigenvalue weighted by atomic mass is 19.3. The van der Waals surface area contributed by atoms with Gasteiger partial charge in [0.05, 0.1) is 0 Å². The number of hydrogen-bond donors (Lipinski definition) is 0.